The van der Waals surface area contributed by atoms with Crippen molar-refractivity contribution in [2.75, 3.05) is 24.3 Å². The summed E-state index contributed by atoms with van der Waals surface area (Å²) in [6, 6.07) is 10.3. The Labute approximate surface area is 160 Å². The van der Waals surface area contributed by atoms with Crippen LogP contribution in [0.15, 0.2) is 42.6 Å². The van der Waals surface area contributed by atoms with Crippen molar-refractivity contribution < 1.29 is 9.59 Å². The van der Waals surface area contributed by atoms with Gasteiger partial charge in [0.05, 0.1) is 0 Å². The Kier molecular flexibility index (Phi) is 6.39. The number of nitrogens with one attached hydrogen (secondary N) is 3. The molecule has 0 aliphatic rings. The van der Waals surface area contributed by atoms with Gasteiger partial charge in [-0.15, -0.1) is 0 Å². The number of rotatable bonds is 5. The fourth-order valence-electron chi connectivity index (χ4n) is 2.29. The molecule has 3 amide bonds. The van der Waals surface area contributed by atoms with Crippen molar-refractivity contribution in [2.24, 2.45) is 0 Å². The van der Waals surface area contributed by atoms with Crippen LogP contribution in [0, 0.1) is 0 Å². The summed E-state index contributed by atoms with van der Waals surface area (Å²) in [6.45, 7) is 6.11. The quantitative estimate of drug-likeness (QED) is 0.756. The predicted octanol–water partition coefficient (Wildman–Crippen LogP) is 3.00. The molecule has 1 heterocycles. The zero-order valence-corrected chi connectivity index (χ0v) is 16.5. The molecular formula is C20H27N5O2. The predicted molar refractivity (Wildman–Crippen MR) is 108 cm³/mol. The van der Waals surface area contributed by atoms with Crippen LogP contribution in [0.4, 0.5) is 16.3 Å². The molecule has 0 saturated carbocycles. The third-order valence-corrected chi connectivity index (χ3v) is 3.59. The van der Waals surface area contributed by atoms with Crippen molar-refractivity contribution in [3.8, 4) is 0 Å². The molecular weight excluding hydrogens is 342 g/mol. The van der Waals surface area contributed by atoms with Crippen LogP contribution in [0.3, 0.4) is 0 Å². The lowest BCUT2D eigenvalue weighted by Crippen LogP contribution is -2.40. The van der Waals surface area contributed by atoms with E-state index in [1.54, 1.807) is 30.5 Å². The molecule has 1 aromatic heterocycles. The van der Waals surface area contributed by atoms with Crippen molar-refractivity contribution >= 4 is 23.4 Å². The van der Waals surface area contributed by atoms with Crippen LogP contribution >= 0.6 is 0 Å². The Balaban J connectivity index is 1.92. The number of hydrogen-bond donors (Lipinski definition) is 3. The highest BCUT2D eigenvalue weighted by atomic mass is 16.2. The minimum absolute atomic E-state index is 0.182. The molecule has 0 aliphatic carbocycles. The monoisotopic (exact) mass is 369 g/mol. The number of pyridine rings is 1. The van der Waals surface area contributed by atoms with Gasteiger partial charge in [0.25, 0.3) is 5.91 Å². The molecule has 0 aliphatic heterocycles. The van der Waals surface area contributed by atoms with Crippen molar-refractivity contribution in [3.63, 3.8) is 0 Å². The summed E-state index contributed by atoms with van der Waals surface area (Å²) < 4.78 is 0. The molecule has 2 aromatic rings. The second-order valence-electron chi connectivity index (χ2n) is 7.51. The van der Waals surface area contributed by atoms with Crippen LogP contribution in [-0.2, 0) is 6.54 Å². The zero-order valence-electron chi connectivity index (χ0n) is 16.5. The van der Waals surface area contributed by atoms with Gasteiger partial charge in [-0.25, -0.2) is 9.78 Å². The van der Waals surface area contributed by atoms with Crippen molar-refractivity contribution in [1.29, 1.82) is 0 Å². The van der Waals surface area contributed by atoms with E-state index in [0.717, 1.165) is 11.4 Å². The van der Waals surface area contributed by atoms with E-state index in [1.807, 2.05) is 51.9 Å². The lowest BCUT2D eigenvalue weighted by Gasteiger charge is -2.20. The average molecular weight is 369 g/mol. The number of carbonyl (C=O) groups is 2. The van der Waals surface area contributed by atoms with Gasteiger partial charge in [0.2, 0.25) is 0 Å². The molecule has 144 valence electrons. The van der Waals surface area contributed by atoms with E-state index < -0.39 is 0 Å². The van der Waals surface area contributed by atoms with Crippen molar-refractivity contribution in [3.05, 3.63) is 53.7 Å². The standard InChI is InChI=1S/C20H27N5O2/c1-20(2,3)24-18(26)15-7-6-8-16(11-15)23-19(27)22-13-14-9-10-17(21-12-14)25(4)5/h6-12H,13H2,1-5H3,(H,24,26)(H2,22,23,27). The highest BCUT2D eigenvalue weighted by Crippen LogP contribution is 2.12. The molecule has 0 atom stereocenters. The van der Waals surface area contributed by atoms with E-state index in [9.17, 15) is 9.59 Å². The number of benzene rings is 1. The first-order valence-electron chi connectivity index (χ1n) is 8.74. The highest BCUT2D eigenvalue weighted by molar-refractivity contribution is 5.97. The van der Waals surface area contributed by atoms with Gasteiger partial charge in [0, 0.05) is 43.6 Å². The van der Waals surface area contributed by atoms with Crippen LogP contribution in [0.2, 0.25) is 0 Å². The Morgan fingerprint density at radius 2 is 1.85 bits per heavy atom. The molecule has 7 heteroatoms. The van der Waals surface area contributed by atoms with Crippen molar-refractivity contribution in [1.82, 2.24) is 15.6 Å². The molecule has 1 aromatic carbocycles. The Morgan fingerprint density at radius 3 is 2.44 bits per heavy atom. The summed E-state index contributed by atoms with van der Waals surface area (Å²) in [5.74, 6) is 0.673. The maximum Gasteiger partial charge on any atom is 0.319 e. The van der Waals surface area contributed by atoms with Crippen LogP contribution < -0.4 is 20.9 Å². The zero-order chi connectivity index (χ0) is 20.0. The van der Waals surface area contributed by atoms with Gasteiger partial charge in [-0.1, -0.05) is 12.1 Å². The van der Waals surface area contributed by atoms with E-state index in [2.05, 4.69) is 20.9 Å². The van der Waals surface area contributed by atoms with Gasteiger partial charge in [-0.3, -0.25) is 4.79 Å². The van der Waals surface area contributed by atoms with E-state index in [0.29, 0.717) is 17.8 Å². The second-order valence-corrected chi connectivity index (χ2v) is 7.51. The van der Waals surface area contributed by atoms with Crippen LogP contribution in [0.25, 0.3) is 0 Å². The maximum absolute atomic E-state index is 12.2. The van der Waals surface area contributed by atoms with Crippen LogP contribution in [-0.4, -0.2) is 36.6 Å². The third-order valence-electron chi connectivity index (χ3n) is 3.59. The Bertz CT molecular complexity index is 795. The highest BCUT2D eigenvalue weighted by Gasteiger charge is 2.15. The molecule has 0 unspecified atom stereocenters. The van der Waals surface area contributed by atoms with Gasteiger partial charge >= 0.3 is 6.03 Å². The maximum atomic E-state index is 12.2. The molecule has 0 radical (unpaired) electrons. The van der Waals surface area contributed by atoms with Gasteiger partial charge in [0.1, 0.15) is 5.82 Å². The van der Waals surface area contributed by atoms with Crippen molar-refractivity contribution in [2.45, 2.75) is 32.9 Å². The summed E-state index contributed by atoms with van der Waals surface area (Å²) in [4.78, 5) is 30.6. The number of anilines is 2. The molecule has 27 heavy (non-hydrogen) atoms. The average Bonchev–Trinajstić information content (AvgIpc) is 2.59. The van der Waals surface area contributed by atoms with Gasteiger partial charge < -0.3 is 20.9 Å². The van der Waals surface area contributed by atoms with E-state index >= 15 is 0 Å². The summed E-state index contributed by atoms with van der Waals surface area (Å²) >= 11 is 0. The lowest BCUT2D eigenvalue weighted by molar-refractivity contribution is 0.0919. The number of aromatic nitrogens is 1. The fraction of sp³-hybridized carbons (Fsp3) is 0.350. The first-order chi connectivity index (χ1) is 12.6. The first-order valence-corrected chi connectivity index (χ1v) is 8.74. The molecule has 0 fully saturated rings. The summed E-state index contributed by atoms with van der Waals surface area (Å²) in [6.07, 6.45) is 1.73. The topological polar surface area (TPSA) is 86.4 Å². The molecule has 3 N–H and O–H groups in total. The van der Waals surface area contributed by atoms with Gasteiger partial charge in [0.15, 0.2) is 0 Å². The number of amides is 3. The molecule has 2 rings (SSSR count). The minimum atomic E-state index is -0.347. The largest absolute Gasteiger partial charge is 0.363 e. The SMILES string of the molecule is CN(C)c1ccc(CNC(=O)Nc2cccc(C(=O)NC(C)(C)C)c2)cn1. The van der Waals surface area contributed by atoms with E-state index in [4.69, 9.17) is 0 Å². The molecule has 0 saturated heterocycles. The number of hydrogen-bond acceptors (Lipinski definition) is 4. The first kappa shape index (κ1) is 20.2. The summed E-state index contributed by atoms with van der Waals surface area (Å²) in [7, 11) is 3.84. The number of carbonyl (C=O) groups excluding carboxylic acids is 2. The lowest BCUT2D eigenvalue weighted by atomic mass is 10.1. The second kappa shape index (κ2) is 8.53. The summed E-state index contributed by atoms with van der Waals surface area (Å²) in [5, 5.41) is 8.42. The molecule has 7 nitrogen and oxygen atoms in total. The smallest absolute Gasteiger partial charge is 0.319 e. The minimum Gasteiger partial charge on any atom is -0.363 e. The van der Waals surface area contributed by atoms with Gasteiger partial charge in [-0.05, 0) is 50.6 Å². The normalized spacial score (nSPS) is 10.9. The van der Waals surface area contributed by atoms with E-state index in [1.165, 1.54) is 0 Å². The summed E-state index contributed by atoms with van der Waals surface area (Å²) in [5.41, 5.74) is 1.61. The number of urea groups is 1. The number of nitrogens with zero attached hydrogens (tertiary/aromatic N) is 2. The van der Waals surface area contributed by atoms with Crippen LogP contribution in [0.1, 0.15) is 36.7 Å². The molecule has 0 spiro atoms. The molecule has 0 bridgehead atoms. The Morgan fingerprint density at radius 1 is 1.11 bits per heavy atom. The Hall–Kier alpha value is -3.09. The van der Waals surface area contributed by atoms with Crippen LogP contribution in [0.5, 0.6) is 0 Å². The van der Waals surface area contributed by atoms with Gasteiger partial charge in [-0.2, -0.15) is 0 Å². The fourth-order valence-corrected chi connectivity index (χ4v) is 2.29. The van der Waals surface area contributed by atoms with E-state index in [-0.39, 0.29) is 17.5 Å². The third kappa shape index (κ3) is 6.62.